The van der Waals surface area contributed by atoms with E-state index in [-0.39, 0.29) is 0 Å². The highest BCUT2D eigenvalue weighted by molar-refractivity contribution is 4.92. The highest BCUT2D eigenvalue weighted by Gasteiger charge is 2.34. The molecule has 0 spiro atoms. The molecule has 0 bridgehead atoms. The average Bonchev–Trinajstić information content (AvgIpc) is 3.14. The maximum absolute atomic E-state index is 4.26. The van der Waals surface area contributed by atoms with E-state index in [1.807, 2.05) is 4.68 Å². The molecule has 2 unspecified atom stereocenters. The average molecular weight is 291 g/mol. The van der Waals surface area contributed by atoms with Crippen LogP contribution in [0.5, 0.6) is 0 Å². The Labute approximate surface area is 128 Å². The second-order valence-electron chi connectivity index (χ2n) is 6.59. The van der Waals surface area contributed by atoms with E-state index in [0.717, 1.165) is 50.3 Å². The molecule has 1 aromatic heterocycles. The summed E-state index contributed by atoms with van der Waals surface area (Å²) in [4.78, 5) is 2.71. The van der Waals surface area contributed by atoms with Crippen LogP contribution in [-0.2, 0) is 13.1 Å². The van der Waals surface area contributed by atoms with Gasteiger partial charge in [-0.15, -0.1) is 5.10 Å². The van der Waals surface area contributed by atoms with Crippen LogP contribution in [-0.4, -0.2) is 45.6 Å². The summed E-state index contributed by atoms with van der Waals surface area (Å²) in [7, 11) is 0. The number of piperidine rings is 1. The third-order valence-electron chi connectivity index (χ3n) is 5.04. The van der Waals surface area contributed by atoms with Crippen LogP contribution >= 0.6 is 0 Å². The summed E-state index contributed by atoms with van der Waals surface area (Å²) in [5.41, 5.74) is 1.06. The van der Waals surface area contributed by atoms with Crippen molar-refractivity contribution in [3.63, 3.8) is 0 Å². The molecule has 0 radical (unpaired) electrons. The molecule has 2 atom stereocenters. The van der Waals surface area contributed by atoms with Crippen LogP contribution in [0.1, 0.15) is 51.1 Å². The van der Waals surface area contributed by atoms with E-state index in [0.29, 0.717) is 0 Å². The monoisotopic (exact) mass is 291 g/mol. The lowest BCUT2D eigenvalue weighted by Gasteiger charge is -2.37. The van der Waals surface area contributed by atoms with Crippen LogP contribution in [0.25, 0.3) is 0 Å². The van der Waals surface area contributed by atoms with Gasteiger partial charge in [-0.2, -0.15) is 0 Å². The maximum atomic E-state index is 4.26. The van der Waals surface area contributed by atoms with E-state index < -0.39 is 0 Å². The molecule has 1 aliphatic carbocycles. The van der Waals surface area contributed by atoms with Crippen molar-refractivity contribution in [3.8, 4) is 0 Å². The topological polar surface area (TPSA) is 46.0 Å². The van der Waals surface area contributed by atoms with E-state index in [1.165, 1.54) is 38.6 Å². The minimum absolute atomic E-state index is 0.836. The third-order valence-corrected chi connectivity index (χ3v) is 5.04. The molecule has 5 heteroatoms. The molecule has 3 rings (SSSR count). The molecular formula is C16H29N5. The van der Waals surface area contributed by atoms with Gasteiger partial charge in [0.05, 0.1) is 12.2 Å². The second-order valence-corrected chi connectivity index (χ2v) is 6.59. The fraction of sp³-hybridized carbons (Fsp3) is 0.875. The van der Waals surface area contributed by atoms with Crippen LogP contribution < -0.4 is 5.32 Å². The van der Waals surface area contributed by atoms with Gasteiger partial charge in [-0.25, -0.2) is 0 Å². The standard InChI is InChI=1S/C16H29N5/c1-2-8-17-12-15-13-21(19-18-15)11-10-20-9-4-6-14-5-3-7-16(14)20/h13-14,16-17H,2-12H2,1H3. The summed E-state index contributed by atoms with van der Waals surface area (Å²) in [6.07, 6.45) is 10.4. The molecule has 2 aliphatic rings. The molecular weight excluding hydrogens is 262 g/mol. The number of likely N-dealkylation sites (tertiary alicyclic amines) is 1. The number of nitrogens with one attached hydrogen (secondary N) is 1. The van der Waals surface area contributed by atoms with E-state index >= 15 is 0 Å². The number of rotatable bonds is 7. The van der Waals surface area contributed by atoms with Crippen molar-refractivity contribution in [1.82, 2.24) is 25.2 Å². The first kappa shape index (κ1) is 15.0. The Kier molecular flexibility index (Phi) is 5.25. The highest BCUT2D eigenvalue weighted by atomic mass is 15.4. The molecule has 0 aromatic carbocycles. The smallest absolute Gasteiger partial charge is 0.0964 e. The first-order valence-corrected chi connectivity index (χ1v) is 8.70. The molecule has 0 amide bonds. The Bertz CT molecular complexity index is 430. The second kappa shape index (κ2) is 7.36. The number of nitrogens with zero attached hydrogens (tertiary/aromatic N) is 4. The van der Waals surface area contributed by atoms with Gasteiger partial charge >= 0.3 is 0 Å². The Hall–Kier alpha value is -0.940. The zero-order valence-electron chi connectivity index (χ0n) is 13.3. The largest absolute Gasteiger partial charge is 0.311 e. The summed E-state index contributed by atoms with van der Waals surface area (Å²) >= 11 is 0. The summed E-state index contributed by atoms with van der Waals surface area (Å²) < 4.78 is 2.02. The van der Waals surface area contributed by atoms with Gasteiger partial charge in [-0.05, 0) is 51.1 Å². The van der Waals surface area contributed by atoms with Gasteiger partial charge in [0.25, 0.3) is 0 Å². The Morgan fingerprint density at radius 1 is 1.24 bits per heavy atom. The molecule has 1 saturated heterocycles. The Morgan fingerprint density at radius 2 is 2.14 bits per heavy atom. The van der Waals surface area contributed by atoms with Crippen molar-refractivity contribution in [2.75, 3.05) is 19.6 Å². The lowest BCUT2D eigenvalue weighted by Crippen LogP contribution is -2.43. The lowest BCUT2D eigenvalue weighted by molar-refractivity contribution is 0.107. The van der Waals surface area contributed by atoms with Crippen LogP contribution in [0, 0.1) is 5.92 Å². The van der Waals surface area contributed by atoms with Gasteiger partial charge in [0, 0.05) is 25.3 Å². The summed E-state index contributed by atoms with van der Waals surface area (Å²) in [5.74, 6) is 0.975. The minimum Gasteiger partial charge on any atom is -0.311 e. The zero-order valence-corrected chi connectivity index (χ0v) is 13.3. The SMILES string of the molecule is CCCNCc1cn(CCN2CCCC3CCCC32)nn1. The van der Waals surface area contributed by atoms with Crippen molar-refractivity contribution in [2.24, 2.45) is 5.92 Å². The van der Waals surface area contributed by atoms with E-state index in [4.69, 9.17) is 0 Å². The zero-order chi connectivity index (χ0) is 14.5. The molecule has 118 valence electrons. The van der Waals surface area contributed by atoms with Crippen LogP contribution in [0.2, 0.25) is 0 Å². The van der Waals surface area contributed by atoms with E-state index in [2.05, 4.69) is 33.6 Å². The first-order chi connectivity index (χ1) is 10.4. The number of aromatic nitrogens is 3. The quantitative estimate of drug-likeness (QED) is 0.781. The van der Waals surface area contributed by atoms with Gasteiger partial charge < -0.3 is 5.32 Å². The highest BCUT2D eigenvalue weighted by Crippen LogP contribution is 2.36. The Balaban J connectivity index is 1.46. The molecule has 21 heavy (non-hydrogen) atoms. The van der Waals surface area contributed by atoms with Gasteiger partial charge in [0.15, 0.2) is 0 Å². The molecule has 2 fully saturated rings. The normalized spacial score (nSPS) is 26.1. The summed E-state index contributed by atoms with van der Waals surface area (Å²) in [6.45, 7) is 7.45. The number of fused-ring (bicyclic) bond motifs is 1. The maximum Gasteiger partial charge on any atom is 0.0964 e. The fourth-order valence-electron chi connectivity index (χ4n) is 3.99. The third kappa shape index (κ3) is 3.83. The van der Waals surface area contributed by atoms with Crippen molar-refractivity contribution in [3.05, 3.63) is 11.9 Å². The number of hydrogen-bond acceptors (Lipinski definition) is 4. The number of hydrogen-bond donors (Lipinski definition) is 1. The molecule has 1 aromatic rings. The lowest BCUT2D eigenvalue weighted by atomic mass is 9.92. The minimum atomic E-state index is 0.836. The van der Waals surface area contributed by atoms with Gasteiger partial charge in [-0.3, -0.25) is 9.58 Å². The van der Waals surface area contributed by atoms with E-state index in [1.54, 1.807) is 0 Å². The summed E-state index contributed by atoms with van der Waals surface area (Å²) in [5, 5.41) is 11.9. The van der Waals surface area contributed by atoms with Crippen LogP contribution in [0.15, 0.2) is 6.20 Å². The van der Waals surface area contributed by atoms with Crippen LogP contribution in [0.3, 0.4) is 0 Å². The van der Waals surface area contributed by atoms with Crippen molar-refractivity contribution < 1.29 is 0 Å². The molecule has 1 N–H and O–H groups in total. The fourth-order valence-corrected chi connectivity index (χ4v) is 3.99. The van der Waals surface area contributed by atoms with Crippen LogP contribution in [0.4, 0.5) is 0 Å². The van der Waals surface area contributed by atoms with Gasteiger partial charge in [0.1, 0.15) is 0 Å². The van der Waals surface area contributed by atoms with E-state index in [9.17, 15) is 0 Å². The molecule has 2 heterocycles. The van der Waals surface area contributed by atoms with Crippen molar-refractivity contribution in [1.29, 1.82) is 0 Å². The summed E-state index contributed by atoms with van der Waals surface area (Å²) in [6, 6.07) is 0.855. The van der Waals surface area contributed by atoms with Gasteiger partial charge in [-0.1, -0.05) is 18.6 Å². The molecule has 1 aliphatic heterocycles. The first-order valence-electron chi connectivity index (χ1n) is 8.70. The predicted octanol–water partition coefficient (Wildman–Crippen LogP) is 2.04. The molecule has 5 nitrogen and oxygen atoms in total. The Morgan fingerprint density at radius 3 is 3.05 bits per heavy atom. The van der Waals surface area contributed by atoms with Crippen molar-refractivity contribution >= 4 is 0 Å². The predicted molar refractivity (Wildman–Crippen MR) is 84.0 cm³/mol. The molecule has 1 saturated carbocycles. The van der Waals surface area contributed by atoms with Gasteiger partial charge in [0.2, 0.25) is 0 Å². The van der Waals surface area contributed by atoms with Crippen molar-refractivity contribution in [2.45, 2.75) is 64.6 Å².